The van der Waals surface area contributed by atoms with Crippen LogP contribution in [-0.4, -0.2) is 60.8 Å². The first-order valence-corrected chi connectivity index (χ1v) is 15.9. The Morgan fingerprint density at radius 1 is 0.917 bits per heavy atom. The molecule has 16 heteroatoms. The summed E-state index contributed by atoms with van der Waals surface area (Å²) >= 11 is 6.30. The number of carbonyl (C=O) groups is 2. The molecule has 0 aliphatic heterocycles. The average molecular weight is 688 g/mol. The highest BCUT2D eigenvalue weighted by Crippen LogP contribution is 2.28. The fraction of sp³-hybridized carbons (Fsp3) is 0.125. The predicted molar refractivity (Wildman–Crippen MR) is 174 cm³/mol. The van der Waals surface area contributed by atoms with Gasteiger partial charge in [0.2, 0.25) is 15.8 Å². The number of hydrogen-bond donors (Lipinski definition) is 3. The molecule has 2 heterocycles. The molecule has 3 N–H and O–H groups in total. The van der Waals surface area contributed by atoms with E-state index >= 15 is 0 Å². The van der Waals surface area contributed by atoms with Crippen LogP contribution in [-0.2, 0) is 25.8 Å². The minimum Gasteiger partial charge on any atom is -0.460 e. The number of hydrogen-bond acceptors (Lipinski definition) is 13. The lowest BCUT2D eigenvalue weighted by molar-refractivity contribution is -0.141. The Morgan fingerprint density at radius 2 is 1.65 bits per heavy atom. The molecule has 0 aliphatic carbocycles. The quantitative estimate of drug-likeness (QED) is 0.124. The zero-order valence-electron chi connectivity index (χ0n) is 25.1. The molecule has 3 aromatic carbocycles. The smallest absolute Gasteiger partial charge is 0.311 e. The normalized spacial score (nSPS) is 10.7. The second-order valence-electron chi connectivity index (χ2n) is 9.63. The van der Waals surface area contributed by atoms with Crippen LogP contribution in [0.5, 0.6) is 5.88 Å². The van der Waals surface area contributed by atoms with E-state index in [2.05, 4.69) is 52.7 Å². The minimum atomic E-state index is -3.99. The van der Waals surface area contributed by atoms with Crippen LogP contribution in [0.4, 0.5) is 23.1 Å². The fourth-order valence-electron chi connectivity index (χ4n) is 4.08. The van der Waals surface area contributed by atoms with Crippen molar-refractivity contribution in [3.63, 3.8) is 0 Å². The van der Waals surface area contributed by atoms with Crippen molar-refractivity contribution in [2.75, 3.05) is 30.9 Å². The number of nitrogens with zero attached hydrogens (tertiary/aromatic N) is 4. The first kappa shape index (κ1) is 33.4. The third kappa shape index (κ3) is 8.43. The van der Waals surface area contributed by atoms with Gasteiger partial charge < -0.3 is 25.4 Å². The summed E-state index contributed by atoms with van der Waals surface area (Å²) in [5, 5.41) is 15.5. The van der Waals surface area contributed by atoms with Gasteiger partial charge in [-0.15, -0.1) is 0 Å². The summed E-state index contributed by atoms with van der Waals surface area (Å²) in [6, 6.07) is 21.6. The standard InChI is InChI=1S/C32H26ClN7O7S/c1-34-29(42)24-11-5-6-12-26(24)37-28-25(33)20-35-32(38-28)36-22-15-13-21(14-16-22)19-27(41)45-17-7-8-18-46-30-31(40-47-39-30)48(43,44)23-9-3-2-4-10-23/h2-6,9-16,20H,17-19H2,1H3,(H,34,42)(H2,35,36,37,38). The Labute approximate surface area is 279 Å². The lowest BCUT2D eigenvalue weighted by Crippen LogP contribution is -2.19. The maximum atomic E-state index is 12.7. The zero-order valence-corrected chi connectivity index (χ0v) is 26.7. The Bertz CT molecular complexity index is 2080. The molecule has 48 heavy (non-hydrogen) atoms. The molecular weight excluding hydrogens is 662 g/mol. The lowest BCUT2D eigenvalue weighted by Gasteiger charge is -2.13. The number of rotatable bonds is 12. The molecule has 0 unspecified atom stereocenters. The van der Waals surface area contributed by atoms with Gasteiger partial charge in [0.25, 0.3) is 16.8 Å². The van der Waals surface area contributed by atoms with Crippen molar-refractivity contribution in [3.8, 4) is 17.7 Å². The second kappa shape index (κ2) is 15.5. The summed E-state index contributed by atoms with van der Waals surface area (Å²) in [5.41, 5.74) is 2.29. The molecule has 5 rings (SSSR count). The molecule has 5 aromatic rings. The van der Waals surface area contributed by atoms with Gasteiger partial charge in [-0.2, -0.15) is 4.98 Å². The minimum absolute atomic E-state index is 0.0000335. The van der Waals surface area contributed by atoms with Crippen LogP contribution in [0.25, 0.3) is 0 Å². The molecule has 0 saturated heterocycles. The molecule has 0 saturated carbocycles. The lowest BCUT2D eigenvalue weighted by atomic mass is 10.1. The first-order valence-electron chi connectivity index (χ1n) is 14.1. The Hall–Kier alpha value is -5.98. The number of aromatic nitrogens is 4. The monoisotopic (exact) mass is 687 g/mol. The summed E-state index contributed by atoms with van der Waals surface area (Å²) in [5.74, 6) is 4.70. The van der Waals surface area contributed by atoms with E-state index in [1.807, 2.05) is 0 Å². The SMILES string of the molecule is CNC(=O)c1ccccc1Nc1nc(Nc2ccc(CC(=O)OCC#CCOc3nonc3S(=O)(=O)c3ccccc3)cc2)ncc1Cl. The van der Waals surface area contributed by atoms with Crippen molar-refractivity contribution in [2.45, 2.75) is 16.3 Å². The number of anilines is 4. The van der Waals surface area contributed by atoms with E-state index in [0.29, 0.717) is 28.3 Å². The van der Waals surface area contributed by atoms with Crippen LogP contribution in [0.3, 0.4) is 0 Å². The van der Waals surface area contributed by atoms with Crippen molar-refractivity contribution in [1.29, 1.82) is 0 Å². The van der Waals surface area contributed by atoms with E-state index in [4.69, 9.17) is 21.1 Å². The number of ether oxygens (including phenoxy) is 2. The van der Waals surface area contributed by atoms with Gasteiger partial charge in [0.15, 0.2) is 19.0 Å². The number of benzene rings is 3. The molecule has 0 bridgehead atoms. The van der Waals surface area contributed by atoms with E-state index in [0.717, 1.165) is 0 Å². The molecule has 0 radical (unpaired) electrons. The Balaban J connectivity index is 1.09. The van der Waals surface area contributed by atoms with Crippen molar-refractivity contribution < 1.29 is 32.1 Å². The molecule has 244 valence electrons. The first-order chi connectivity index (χ1) is 23.2. The summed E-state index contributed by atoms with van der Waals surface area (Å²) < 4.78 is 40.5. The average Bonchev–Trinajstić information content (AvgIpc) is 3.58. The Kier molecular flexibility index (Phi) is 10.8. The van der Waals surface area contributed by atoms with Gasteiger partial charge in [-0.3, -0.25) is 9.59 Å². The topological polar surface area (TPSA) is 188 Å². The van der Waals surface area contributed by atoms with E-state index in [9.17, 15) is 18.0 Å². The highest BCUT2D eigenvalue weighted by Gasteiger charge is 2.28. The van der Waals surface area contributed by atoms with Crippen molar-refractivity contribution in [3.05, 3.63) is 101 Å². The number of carbonyl (C=O) groups excluding carboxylic acids is 2. The van der Waals surface area contributed by atoms with Crippen LogP contribution in [0.15, 0.2) is 99.6 Å². The van der Waals surface area contributed by atoms with Crippen molar-refractivity contribution in [1.82, 2.24) is 25.6 Å². The van der Waals surface area contributed by atoms with Crippen molar-refractivity contribution >= 4 is 56.5 Å². The maximum absolute atomic E-state index is 12.7. The van der Waals surface area contributed by atoms with Crippen molar-refractivity contribution in [2.24, 2.45) is 0 Å². The van der Waals surface area contributed by atoms with Gasteiger partial charge in [-0.25, -0.2) is 18.0 Å². The number of para-hydroxylation sites is 1. The van der Waals surface area contributed by atoms with Crippen LogP contribution in [0, 0.1) is 11.8 Å². The van der Waals surface area contributed by atoms with Gasteiger partial charge >= 0.3 is 5.97 Å². The van der Waals surface area contributed by atoms with E-state index < -0.39 is 20.8 Å². The number of esters is 1. The molecule has 14 nitrogen and oxygen atoms in total. The highest BCUT2D eigenvalue weighted by molar-refractivity contribution is 7.91. The van der Waals surface area contributed by atoms with Gasteiger partial charge in [0, 0.05) is 12.7 Å². The third-order valence-corrected chi connectivity index (χ3v) is 8.33. The van der Waals surface area contributed by atoms with Gasteiger partial charge in [0.1, 0.15) is 5.02 Å². The third-order valence-electron chi connectivity index (χ3n) is 6.40. The summed E-state index contributed by atoms with van der Waals surface area (Å²) in [6.07, 6.45) is 1.43. The van der Waals surface area contributed by atoms with E-state index in [-0.39, 0.29) is 47.3 Å². The molecule has 0 aliphatic rings. The fourth-order valence-corrected chi connectivity index (χ4v) is 5.41. The summed E-state index contributed by atoms with van der Waals surface area (Å²) in [6.45, 7) is -0.443. The number of amides is 1. The summed E-state index contributed by atoms with van der Waals surface area (Å²) in [4.78, 5) is 33.2. The predicted octanol–water partition coefficient (Wildman–Crippen LogP) is 4.36. The van der Waals surface area contributed by atoms with Crippen LogP contribution in [0.1, 0.15) is 15.9 Å². The molecule has 0 fully saturated rings. The number of sulfone groups is 1. The van der Waals surface area contributed by atoms with E-state index in [1.165, 1.54) is 18.3 Å². The highest BCUT2D eigenvalue weighted by atomic mass is 35.5. The molecule has 2 aromatic heterocycles. The number of nitrogens with one attached hydrogen (secondary N) is 3. The molecular formula is C32H26ClN7O7S. The molecule has 1 amide bonds. The largest absolute Gasteiger partial charge is 0.460 e. The molecule has 0 spiro atoms. The Morgan fingerprint density at radius 3 is 2.42 bits per heavy atom. The van der Waals surface area contributed by atoms with Gasteiger partial charge in [-0.05, 0) is 52.3 Å². The van der Waals surface area contributed by atoms with Crippen LogP contribution < -0.4 is 20.7 Å². The summed E-state index contributed by atoms with van der Waals surface area (Å²) in [7, 11) is -2.45. The number of halogens is 1. The van der Waals surface area contributed by atoms with Crippen LogP contribution in [0.2, 0.25) is 5.02 Å². The van der Waals surface area contributed by atoms with Gasteiger partial charge in [0.05, 0.1) is 28.8 Å². The maximum Gasteiger partial charge on any atom is 0.311 e. The zero-order chi connectivity index (χ0) is 33.9. The molecule has 0 atom stereocenters. The second-order valence-corrected chi connectivity index (χ2v) is 11.9. The van der Waals surface area contributed by atoms with E-state index in [1.54, 1.807) is 73.8 Å². The van der Waals surface area contributed by atoms with Gasteiger partial charge in [-0.1, -0.05) is 65.9 Å². The van der Waals surface area contributed by atoms with Crippen LogP contribution >= 0.6 is 11.6 Å².